The van der Waals surface area contributed by atoms with Crippen LogP contribution in [0.3, 0.4) is 0 Å². The molecule has 1 fully saturated rings. The van der Waals surface area contributed by atoms with E-state index in [0.29, 0.717) is 17.6 Å². The van der Waals surface area contributed by atoms with Crippen molar-refractivity contribution in [3.63, 3.8) is 0 Å². The molecule has 1 saturated heterocycles. The fourth-order valence-electron chi connectivity index (χ4n) is 3.15. The lowest BCUT2D eigenvalue weighted by molar-refractivity contribution is 0.0602. The van der Waals surface area contributed by atoms with Gasteiger partial charge in [0.1, 0.15) is 17.7 Å². The minimum Gasteiger partial charge on any atom is -0.328 e. The number of para-hydroxylation sites is 1. The maximum Gasteiger partial charge on any atom is 0.256 e. The van der Waals surface area contributed by atoms with Crippen LogP contribution in [0.4, 0.5) is 0 Å². The van der Waals surface area contributed by atoms with Crippen molar-refractivity contribution in [2.75, 3.05) is 6.54 Å². The highest BCUT2D eigenvalue weighted by Crippen LogP contribution is 2.30. The zero-order valence-corrected chi connectivity index (χ0v) is 12.5. The SMILES string of the molecule is O=C(c1cccc2nccnc12)N1CCCCC1c1ncn[nH]1. The van der Waals surface area contributed by atoms with Gasteiger partial charge in [-0.15, -0.1) is 0 Å². The van der Waals surface area contributed by atoms with Gasteiger partial charge >= 0.3 is 0 Å². The summed E-state index contributed by atoms with van der Waals surface area (Å²) in [6, 6.07) is 5.46. The Morgan fingerprint density at radius 1 is 1.17 bits per heavy atom. The van der Waals surface area contributed by atoms with Gasteiger partial charge in [0.2, 0.25) is 0 Å². The van der Waals surface area contributed by atoms with Crippen molar-refractivity contribution in [2.45, 2.75) is 25.3 Å². The van der Waals surface area contributed by atoms with Crippen molar-refractivity contribution in [1.82, 2.24) is 30.0 Å². The quantitative estimate of drug-likeness (QED) is 0.783. The molecule has 1 aliphatic rings. The van der Waals surface area contributed by atoms with E-state index < -0.39 is 0 Å². The molecule has 7 heteroatoms. The molecule has 1 atom stereocenters. The molecule has 0 aliphatic carbocycles. The predicted molar refractivity (Wildman–Crippen MR) is 83.5 cm³/mol. The highest BCUT2D eigenvalue weighted by molar-refractivity contribution is 6.04. The molecule has 116 valence electrons. The van der Waals surface area contributed by atoms with E-state index in [1.54, 1.807) is 12.4 Å². The molecule has 0 bridgehead atoms. The van der Waals surface area contributed by atoms with Gasteiger partial charge in [-0.2, -0.15) is 5.10 Å². The Hall–Kier alpha value is -2.83. The van der Waals surface area contributed by atoms with Gasteiger partial charge in [-0.1, -0.05) is 6.07 Å². The van der Waals surface area contributed by atoms with Crippen LogP contribution in [0, 0.1) is 0 Å². The number of carbonyl (C=O) groups excluding carboxylic acids is 1. The molecule has 1 N–H and O–H groups in total. The van der Waals surface area contributed by atoms with Gasteiger partial charge in [0.15, 0.2) is 0 Å². The summed E-state index contributed by atoms with van der Waals surface area (Å²) < 4.78 is 0. The third kappa shape index (κ3) is 2.44. The number of aromatic nitrogens is 5. The Kier molecular flexibility index (Phi) is 3.45. The van der Waals surface area contributed by atoms with Crippen LogP contribution in [0.15, 0.2) is 36.9 Å². The van der Waals surface area contributed by atoms with E-state index in [0.717, 1.165) is 30.6 Å². The van der Waals surface area contributed by atoms with Crippen LogP contribution in [0.25, 0.3) is 11.0 Å². The lowest BCUT2D eigenvalue weighted by Gasteiger charge is -2.34. The molecular weight excluding hydrogens is 292 g/mol. The first kappa shape index (κ1) is 13.8. The summed E-state index contributed by atoms with van der Waals surface area (Å²) in [6.07, 6.45) is 7.68. The van der Waals surface area contributed by atoms with Crippen LogP contribution in [-0.4, -0.2) is 42.5 Å². The number of fused-ring (bicyclic) bond motifs is 1. The van der Waals surface area contributed by atoms with Gasteiger partial charge in [0.05, 0.1) is 17.1 Å². The van der Waals surface area contributed by atoms with Gasteiger partial charge in [0, 0.05) is 18.9 Å². The van der Waals surface area contributed by atoms with Crippen molar-refractivity contribution < 1.29 is 4.79 Å². The standard InChI is InChI=1S/C16H16N6O/c23-16(11-4-3-5-12-14(11)18-8-7-17-12)22-9-2-1-6-13(22)15-19-10-20-21-15/h3-5,7-8,10,13H,1-2,6,9H2,(H,19,20,21). The number of nitrogens with zero attached hydrogens (tertiary/aromatic N) is 5. The number of nitrogens with one attached hydrogen (secondary N) is 1. The summed E-state index contributed by atoms with van der Waals surface area (Å²) in [5.74, 6) is 0.710. The molecule has 0 saturated carbocycles. The number of amides is 1. The number of likely N-dealkylation sites (tertiary alicyclic amines) is 1. The monoisotopic (exact) mass is 308 g/mol. The van der Waals surface area contributed by atoms with E-state index in [4.69, 9.17) is 0 Å². The zero-order valence-electron chi connectivity index (χ0n) is 12.5. The van der Waals surface area contributed by atoms with Crippen LogP contribution < -0.4 is 0 Å². The van der Waals surface area contributed by atoms with Crippen LogP contribution >= 0.6 is 0 Å². The van der Waals surface area contributed by atoms with Crippen molar-refractivity contribution in [1.29, 1.82) is 0 Å². The second-order valence-corrected chi connectivity index (χ2v) is 5.61. The van der Waals surface area contributed by atoms with E-state index in [9.17, 15) is 4.79 Å². The van der Waals surface area contributed by atoms with Crippen molar-refractivity contribution in [2.24, 2.45) is 0 Å². The van der Waals surface area contributed by atoms with Gasteiger partial charge in [-0.25, -0.2) is 4.98 Å². The molecule has 2 aromatic heterocycles. The average Bonchev–Trinajstić information content (AvgIpc) is 3.15. The number of carbonyl (C=O) groups is 1. The highest BCUT2D eigenvalue weighted by Gasteiger charge is 2.31. The minimum atomic E-state index is -0.0642. The van der Waals surface area contributed by atoms with Gasteiger partial charge in [0.25, 0.3) is 5.91 Å². The molecule has 1 unspecified atom stereocenters. The molecule has 3 aromatic rings. The topological polar surface area (TPSA) is 87.7 Å². The van der Waals surface area contributed by atoms with Crippen molar-refractivity contribution in [3.8, 4) is 0 Å². The van der Waals surface area contributed by atoms with Crippen molar-refractivity contribution in [3.05, 3.63) is 48.3 Å². The molecule has 1 aliphatic heterocycles. The van der Waals surface area contributed by atoms with E-state index >= 15 is 0 Å². The Morgan fingerprint density at radius 3 is 2.96 bits per heavy atom. The first-order valence-corrected chi connectivity index (χ1v) is 7.70. The van der Waals surface area contributed by atoms with Crippen LogP contribution in [0.2, 0.25) is 0 Å². The van der Waals surface area contributed by atoms with E-state index in [-0.39, 0.29) is 11.9 Å². The third-order valence-electron chi connectivity index (χ3n) is 4.24. The normalized spacial score (nSPS) is 18.3. The summed E-state index contributed by atoms with van der Waals surface area (Å²) in [7, 11) is 0. The Balaban J connectivity index is 1.74. The maximum atomic E-state index is 13.1. The second-order valence-electron chi connectivity index (χ2n) is 5.61. The van der Waals surface area contributed by atoms with E-state index in [1.165, 1.54) is 6.33 Å². The zero-order chi connectivity index (χ0) is 15.6. The Morgan fingerprint density at radius 2 is 2.09 bits per heavy atom. The molecule has 7 nitrogen and oxygen atoms in total. The van der Waals surface area contributed by atoms with Crippen LogP contribution in [0.5, 0.6) is 0 Å². The lowest BCUT2D eigenvalue weighted by atomic mass is 10.00. The largest absolute Gasteiger partial charge is 0.328 e. The summed E-state index contributed by atoms with van der Waals surface area (Å²) in [5.41, 5.74) is 1.95. The highest BCUT2D eigenvalue weighted by atomic mass is 16.2. The average molecular weight is 308 g/mol. The third-order valence-corrected chi connectivity index (χ3v) is 4.24. The Bertz CT molecular complexity index is 826. The summed E-state index contributed by atoms with van der Waals surface area (Å²) in [6.45, 7) is 0.709. The number of hydrogen-bond donors (Lipinski definition) is 1. The molecule has 1 amide bonds. The van der Waals surface area contributed by atoms with E-state index in [2.05, 4.69) is 25.1 Å². The maximum absolute atomic E-state index is 13.1. The van der Waals surface area contributed by atoms with Crippen molar-refractivity contribution >= 4 is 16.9 Å². The first-order chi connectivity index (χ1) is 11.3. The molecule has 3 heterocycles. The molecule has 23 heavy (non-hydrogen) atoms. The molecule has 1 aromatic carbocycles. The number of aromatic amines is 1. The van der Waals surface area contributed by atoms with Gasteiger partial charge < -0.3 is 4.90 Å². The summed E-state index contributed by atoms with van der Waals surface area (Å²) in [5, 5.41) is 6.81. The predicted octanol–water partition coefficient (Wildman–Crippen LogP) is 2.12. The number of benzene rings is 1. The Labute approximate surface area is 132 Å². The lowest BCUT2D eigenvalue weighted by Crippen LogP contribution is -2.39. The minimum absolute atomic E-state index is 0.0304. The van der Waals surface area contributed by atoms with Crippen LogP contribution in [-0.2, 0) is 0 Å². The molecule has 0 spiro atoms. The fourth-order valence-corrected chi connectivity index (χ4v) is 3.15. The van der Waals surface area contributed by atoms with Crippen LogP contribution in [0.1, 0.15) is 41.5 Å². The molecular formula is C16H16N6O. The smallest absolute Gasteiger partial charge is 0.256 e. The van der Waals surface area contributed by atoms with Gasteiger partial charge in [-0.05, 0) is 31.4 Å². The second kappa shape index (κ2) is 5.75. The number of rotatable bonds is 2. The molecule has 0 radical (unpaired) electrons. The number of H-pyrrole nitrogens is 1. The fraction of sp³-hybridized carbons (Fsp3) is 0.312. The summed E-state index contributed by atoms with van der Waals surface area (Å²) >= 11 is 0. The summed E-state index contributed by atoms with van der Waals surface area (Å²) in [4.78, 5) is 27.8. The van der Waals surface area contributed by atoms with E-state index in [1.807, 2.05) is 23.1 Å². The number of hydrogen-bond acceptors (Lipinski definition) is 5. The first-order valence-electron chi connectivity index (χ1n) is 7.70. The molecule has 4 rings (SSSR count). The van der Waals surface area contributed by atoms with Gasteiger partial charge in [-0.3, -0.25) is 19.9 Å². The number of piperidine rings is 1.